The van der Waals surface area contributed by atoms with Crippen LogP contribution in [0.2, 0.25) is 0 Å². The summed E-state index contributed by atoms with van der Waals surface area (Å²) in [6.45, 7) is 6.09. The first-order valence-corrected chi connectivity index (χ1v) is 15.9. The number of carbonyl (C=O) groups is 1. The molecule has 2 aromatic rings. The van der Waals surface area contributed by atoms with Gasteiger partial charge in [0.2, 0.25) is 5.91 Å². The molecule has 0 radical (unpaired) electrons. The van der Waals surface area contributed by atoms with Crippen LogP contribution in [0, 0.1) is 11.3 Å². The fourth-order valence-corrected chi connectivity index (χ4v) is 6.78. The number of pyridine rings is 1. The van der Waals surface area contributed by atoms with Gasteiger partial charge in [-0.25, -0.2) is 0 Å². The maximum Gasteiger partial charge on any atom is 0.417 e. The van der Waals surface area contributed by atoms with Gasteiger partial charge in [-0.1, -0.05) is 32.0 Å². The molecule has 0 spiro atoms. The van der Waals surface area contributed by atoms with E-state index in [1.54, 1.807) is 30.2 Å². The molecule has 13 heteroatoms. The number of hydrogen-bond donors (Lipinski definition) is 2. The number of methoxy groups -OCH3 is 1. The van der Waals surface area contributed by atoms with Crippen LogP contribution in [0.1, 0.15) is 56.4 Å². The Kier molecular flexibility index (Phi) is 10.5. The fraction of sp³-hybridized carbons (Fsp3) is 0.600. The van der Waals surface area contributed by atoms with Crippen LogP contribution in [-0.2, 0) is 43.5 Å². The zero-order chi connectivity index (χ0) is 31.4. The van der Waals surface area contributed by atoms with Crippen molar-refractivity contribution in [3.63, 3.8) is 0 Å². The Labute approximate surface area is 250 Å². The van der Waals surface area contributed by atoms with Gasteiger partial charge < -0.3 is 19.7 Å². The van der Waals surface area contributed by atoms with Crippen LogP contribution in [-0.4, -0.2) is 73.8 Å². The number of amides is 1. The largest absolute Gasteiger partial charge is 0.417 e. The number of halogens is 3. The van der Waals surface area contributed by atoms with E-state index in [9.17, 15) is 26.4 Å². The number of nitrogens with zero attached hydrogens (tertiary/aromatic N) is 2. The zero-order valence-corrected chi connectivity index (χ0v) is 25.5. The lowest BCUT2D eigenvalue weighted by atomic mass is 9.74. The molecule has 0 bridgehead atoms. The topological polar surface area (TPSA) is 118 Å². The standard InChI is InChI=1S/C24H34F3N3O3.C6H6O3S/c1-15(2)23(7-4-18(11-23)29-20-6-9-33-14-21(20)32-3)22(31)30-8-5-19-16(13-30)10-17(12-28-19)24(25,26)27;7-10(8,9)6-4-2-1-3-5-6/h10,12,15,18,20-21,29H,4-9,11,13-14H2,1-3H3;1-5H,(H,7,8,9)/t18-,20+,21-,23+;/m1./s1. The van der Waals surface area contributed by atoms with E-state index in [0.717, 1.165) is 37.9 Å². The number of hydrogen-bond acceptors (Lipinski definition) is 7. The second-order valence-corrected chi connectivity index (χ2v) is 13.2. The first-order valence-electron chi connectivity index (χ1n) is 14.5. The highest BCUT2D eigenvalue weighted by Gasteiger charge is 2.50. The third-order valence-corrected chi connectivity index (χ3v) is 9.70. The molecule has 43 heavy (non-hydrogen) atoms. The van der Waals surface area contributed by atoms with Crippen molar-refractivity contribution < 1.29 is 40.4 Å². The predicted molar refractivity (Wildman–Crippen MR) is 153 cm³/mol. The molecule has 5 rings (SSSR count). The molecule has 2 N–H and O–H groups in total. The van der Waals surface area contributed by atoms with Gasteiger partial charge in [-0.3, -0.25) is 14.3 Å². The molecule has 9 nitrogen and oxygen atoms in total. The minimum atomic E-state index is -4.44. The molecular formula is C30H40F3N3O6S. The molecule has 3 heterocycles. The number of alkyl halides is 3. The summed E-state index contributed by atoms with van der Waals surface area (Å²) in [7, 11) is -2.31. The highest BCUT2D eigenvalue weighted by Crippen LogP contribution is 2.47. The Morgan fingerprint density at radius 1 is 1.23 bits per heavy atom. The number of ether oxygens (including phenoxy) is 2. The van der Waals surface area contributed by atoms with E-state index in [0.29, 0.717) is 37.4 Å². The molecule has 1 aliphatic carbocycles. The van der Waals surface area contributed by atoms with E-state index >= 15 is 0 Å². The van der Waals surface area contributed by atoms with E-state index < -0.39 is 27.3 Å². The zero-order valence-electron chi connectivity index (χ0n) is 24.6. The molecule has 1 aromatic carbocycles. The Bertz CT molecular complexity index is 1360. The van der Waals surface area contributed by atoms with Gasteiger partial charge in [-0.15, -0.1) is 0 Å². The first-order chi connectivity index (χ1) is 20.2. The Morgan fingerprint density at radius 3 is 2.56 bits per heavy atom. The Balaban J connectivity index is 0.000000359. The molecule has 1 saturated carbocycles. The van der Waals surface area contributed by atoms with Crippen LogP contribution < -0.4 is 5.32 Å². The van der Waals surface area contributed by atoms with Crippen molar-refractivity contribution >= 4 is 16.0 Å². The van der Waals surface area contributed by atoms with Crippen molar-refractivity contribution in [2.45, 2.75) is 81.8 Å². The van der Waals surface area contributed by atoms with Crippen molar-refractivity contribution in [2.75, 3.05) is 26.9 Å². The van der Waals surface area contributed by atoms with Crippen LogP contribution in [0.3, 0.4) is 0 Å². The summed E-state index contributed by atoms with van der Waals surface area (Å²) in [5, 5.41) is 3.72. The van der Waals surface area contributed by atoms with E-state index in [-0.39, 0.29) is 41.5 Å². The summed E-state index contributed by atoms with van der Waals surface area (Å²) in [5.41, 5.74) is -0.121. The maximum absolute atomic E-state index is 13.8. The lowest BCUT2D eigenvalue weighted by Crippen LogP contribution is -2.52. The Morgan fingerprint density at radius 2 is 1.95 bits per heavy atom. The van der Waals surface area contributed by atoms with Crippen molar-refractivity contribution in [1.29, 1.82) is 0 Å². The van der Waals surface area contributed by atoms with Gasteiger partial charge in [0.25, 0.3) is 10.1 Å². The molecule has 1 aromatic heterocycles. The van der Waals surface area contributed by atoms with Gasteiger partial charge in [0.05, 0.1) is 28.6 Å². The van der Waals surface area contributed by atoms with E-state index in [2.05, 4.69) is 24.1 Å². The maximum atomic E-state index is 13.8. The van der Waals surface area contributed by atoms with Crippen LogP contribution in [0.4, 0.5) is 13.2 Å². The first kappa shape index (κ1) is 33.3. The van der Waals surface area contributed by atoms with E-state index in [1.165, 1.54) is 12.1 Å². The normalized spacial score (nSPS) is 26.0. The summed E-state index contributed by atoms with van der Waals surface area (Å²) in [6, 6.07) is 8.97. The number of benzene rings is 1. The molecule has 2 fully saturated rings. The lowest BCUT2D eigenvalue weighted by molar-refractivity contribution is -0.146. The molecule has 3 aliphatic rings. The smallest absolute Gasteiger partial charge is 0.379 e. The van der Waals surface area contributed by atoms with Crippen LogP contribution in [0.25, 0.3) is 0 Å². The van der Waals surface area contributed by atoms with Crippen molar-refractivity contribution in [3.05, 3.63) is 59.4 Å². The van der Waals surface area contributed by atoms with Gasteiger partial charge in [-0.05, 0) is 55.4 Å². The van der Waals surface area contributed by atoms with Crippen LogP contribution in [0.15, 0.2) is 47.5 Å². The molecule has 4 atom stereocenters. The third-order valence-electron chi connectivity index (χ3n) is 8.83. The number of nitrogens with one attached hydrogen (secondary N) is 1. The minimum Gasteiger partial charge on any atom is -0.379 e. The van der Waals surface area contributed by atoms with Crippen molar-refractivity contribution in [2.24, 2.45) is 11.3 Å². The molecular weight excluding hydrogens is 587 g/mol. The van der Waals surface area contributed by atoms with Gasteiger partial charge in [0.1, 0.15) is 0 Å². The van der Waals surface area contributed by atoms with Gasteiger partial charge in [0, 0.05) is 57.2 Å². The highest BCUT2D eigenvalue weighted by molar-refractivity contribution is 7.85. The average Bonchev–Trinajstić information content (AvgIpc) is 3.41. The van der Waals surface area contributed by atoms with E-state index in [4.69, 9.17) is 14.0 Å². The summed E-state index contributed by atoms with van der Waals surface area (Å²) < 4.78 is 79.8. The summed E-state index contributed by atoms with van der Waals surface area (Å²) >= 11 is 0. The highest BCUT2D eigenvalue weighted by atomic mass is 32.2. The molecule has 1 amide bonds. The number of rotatable bonds is 6. The minimum absolute atomic E-state index is 0.00238. The number of carbonyl (C=O) groups excluding carboxylic acids is 1. The molecule has 1 saturated heterocycles. The van der Waals surface area contributed by atoms with Gasteiger partial charge in [0.15, 0.2) is 0 Å². The van der Waals surface area contributed by atoms with Crippen LogP contribution in [0.5, 0.6) is 0 Å². The SMILES string of the molecule is CO[C@@H]1COCC[C@@H]1N[C@@H]1CC[C@@](C(=O)N2CCc3ncc(C(F)(F)F)cc3C2)(C(C)C)C1.O=S(=O)(O)c1ccccc1. The summed E-state index contributed by atoms with van der Waals surface area (Å²) in [4.78, 5) is 19.5. The number of aromatic nitrogens is 1. The quantitative estimate of drug-likeness (QED) is 0.450. The van der Waals surface area contributed by atoms with Crippen molar-refractivity contribution in [3.8, 4) is 0 Å². The lowest BCUT2D eigenvalue weighted by Gasteiger charge is -2.40. The van der Waals surface area contributed by atoms with Crippen molar-refractivity contribution in [1.82, 2.24) is 15.2 Å². The third kappa shape index (κ3) is 7.93. The van der Waals surface area contributed by atoms with Gasteiger partial charge >= 0.3 is 6.18 Å². The molecule has 238 valence electrons. The Hall–Kier alpha value is -2.58. The second-order valence-electron chi connectivity index (χ2n) is 11.8. The second kappa shape index (κ2) is 13.6. The summed E-state index contributed by atoms with van der Waals surface area (Å²) in [5.74, 6) is 0.186. The predicted octanol–water partition coefficient (Wildman–Crippen LogP) is 4.51. The van der Waals surface area contributed by atoms with Gasteiger partial charge in [-0.2, -0.15) is 21.6 Å². The molecule has 0 unspecified atom stereocenters. The summed E-state index contributed by atoms with van der Waals surface area (Å²) in [6.07, 6.45) is 0.180. The van der Waals surface area contributed by atoms with E-state index in [1.807, 2.05) is 0 Å². The average molecular weight is 628 g/mol. The monoisotopic (exact) mass is 627 g/mol. The fourth-order valence-electron chi connectivity index (χ4n) is 6.28. The van der Waals surface area contributed by atoms with Crippen LogP contribution >= 0.6 is 0 Å². The molecule has 2 aliphatic heterocycles. The number of fused-ring (bicyclic) bond motifs is 1.